The summed E-state index contributed by atoms with van der Waals surface area (Å²) in [6.45, 7) is 0.704. The summed E-state index contributed by atoms with van der Waals surface area (Å²) in [4.78, 5) is 23.5. The van der Waals surface area contributed by atoms with Gasteiger partial charge in [-0.25, -0.2) is 0 Å². The van der Waals surface area contributed by atoms with E-state index >= 15 is 0 Å². The Hall–Kier alpha value is -2.80. The Labute approximate surface area is 156 Å². The highest BCUT2D eigenvalue weighted by Gasteiger charge is 1.99. The lowest BCUT2D eigenvalue weighted by molar-refractivity contribution is -0.384. The average Bonchev–Trinajstić information content (AvgIpc) is 2.66. The van der Waals surface area contributed by atoms with Crippen molar-refractivity contribution >= 4 is 29.2 Å². The maximum absolute atomic E-state index is 11.1. The van der Waals surface area contributed by atoms with Crippen molar-refractivity contribution in [3.8, 4) is 5.75 Å². The number of fused-ring (bicyclic) bond motifs is 1. The number of nitro benzene ring substituents is 1. The maximum Gasteiger partial charge on any atom is 0.269 e. The molecule has 7 heteroatoms. The van der Waals surface area contributed by atoms with Gasteiger partial charge in [0.05, 0.1) is 11.5 Å². The quantitative estimate of drug-likeness (QED) is 0.294. The zero-order valence-corrected chi connectivity index (χ0v) is 15.0. The molecule has 3 aromatic rings. The molecule has 0 aliphatic heterocycles. The Morgan fingerprint density at radius 2 is 1.81 bits per heavy atom. The van der Waals surface area contributed by atoms with Gasteiger partial charge in [0.2, 0.25) is 5.56 Å². The summed E-state index contributed by atoms with van der Waals surface area (Å²) in [6.07, 6.45) is 2.07. The standard InChI is InChI=1S/C13H15NO2S.C6H5NO2/c15-13-6-3-10-9-11(4-5-12(10)14-13)16-7-1-2-8-17;8-7(9)6-4-2-1-3-5-6/h3-6,9,17H,1-2,7-8H2,(H,14,15);1-5H. The molecule has 1 heterocycles. The van der Waals surface area contributed by atoms with E-state index in [1.54, 1.807) is 24.3 Å². The average molecular weight is 372 g/mol. The van der Waals surface area contributed by atoms with E-state index in [0.29, 0.717) is 6.61 Å². The van der Waals surface area contributed by atoms with Crippen LogP contribution in [0.5, 0.6) is 5.75 Å². The van der Waals surface area contributed by atoms with Gasteiger partial charge in [-0.2, -0.15) is 12.6 Å². The molecule has 0 atom stereocenters. The molecule has 0 amide bonds. The Balaban J connectivity index is 0.000000228. The smallest absolute Gasteiger partial charge is 0.269 e. The lowest BCUT2D eigenvalue weighted by Gasteiger charge is -2.06. The Morgan fingerprint density at radius 3 is 2.46 bits per heavy atom. The van der Waals surface area contributed by atoms with E-state index in [9.17, 15) is 14.9 Å². The number of aromatic amines is 1. The van der Waals surface area contributed by atoms with Gasteiger partial charge in [0.1, 0.15) is 5.75 Å². The predicted octanol–water partition coefficient (Wildman–Crippen LogP) is 4.21. The van der Waals surface area contributed by atoms with E-state index in [0.717, 1.165) is 35.2 Å². The van der Waals surface area contributed by atoms with Gasteiger partial charge in [-0.15, -0.1) is 0 Å². The molecule has 1 aromatic heterocycles. The van der Waals surface area contributed by atoms with Crippen molar-refractivity contribution in [2.75, 3.05) is 12.4 Å². The minimum atomic E-state index is -0.417. The first-order valence-corrected chi connectivity index (χ1v) is 8.79. The molecule has 2 aromatic carbocycles. The number of rotatable bonds is 6. The monoisotopic (exact) mass is 372 g/mol. The van der Waals surface area contributed by atoms with E-state index in [4.69, 9.17) is 4.74 Å². The molecule has 6 nitrogen and oxygen atoms in total. The zero-order chi connectivity index (χ0) is 18.8. The van der Waals surface area contributed by atoms with Gasteiger partial charge >= 0.3 is 0 Å². The van der Waals surface area contributed by atoms with Gasteiger partial charge in [-0.3, -0.25) is 14.9 Å². The third kappa shape index (κ3) is 6.25. The van der Waals surface area contributed by atoms with E-state index < -0.39 is 4.92 Å². The van der Waals surface area contributed by atoms with Crippen molar-refractivity contribution in [2.45, 2.75) is 12.8 Å². The highest BCUT2D eigenvalue weighted by Crippen LogP contribution is 2.18. The summed E-state index contributed by atoms with van der Waals surface area (Å²) in [5.74, 6) is 1.73. The van der Waals surface area contributed by atoms with Crippen molar-refractivity contribution in [3.05, 3.63) is 81.1 Å². The van der Waals surface area contributed by atoms with Crippen LogP contribution in [0.1, 0.15) is 12.8 Å². The molecule has 0 saturated carbocycles. The number of nitrogens with one attached hydrogen (secondary N) is 1. The number of thiol groups is 1. The van der Waals surface area contributed by atoms with Crippen molar-refractivity contribution in [1.82, 2.24) is 4.98 Å². The number of unbranched alkanes of at least 4 members (excludes halogenated alkanes) is 1. The van der Waals surface area contributed by atoms with Crippen molar-refractivity contribution in [1.29, 1.82) is 0 Å². The second-order valence-electron chi connectivity index (χ2n) is 5.44. The highest BCUT2D eigenvalue weighted by molar-refractivity contribution is 7.80. The lowest BCUT2D eigenvalue weighted by atomic mass is 10.2. The van der Waals surface area contributed by atoms with Crippen LogP contribution in [0.25, 0.3) is 10.9 Å². The van der Waals surface area contributed by atoms with Gasteiger partial charge < -0.3 is 9.72 Å². The second-order valence-corrected chi connectivity index (χ2v) is 5.89. The molecule has 3 rings (SSSR count). The maximum atomic E-state index is 11.1. The minimum Gasteiger partial charge on any atom is -0.494 e. The molecule has 0 spiro atoms. The number of H-pyrrole nitrogens is 1. The van der Waals surface area contributed by atoms with Crippen LogP contribution in [0.2, 0.25) is 0 Å². The van der Waals surface area contributed by atoms with Gasteiger partial charge in [0.25, 0.3) is 5.69 Å². The molecular weight excluding hydrogens is 352 g/mol. The number of non-ortho nitro benzene ring substituents is 1. The van der Waals surface area contributed by atoms with Crippen LogP contribution in [-0.2, 0) is 0 Å². The van der Waals surface area contributed by atoms with Gasteiger partial charge in [-0.1, -0.05) is 18.2 Å². The van der Waals surface area contributed by atoms with Crippen molar-refractivity contribution in [2.24, 2.45) is 0 Å². The first-order chi connectivity index (χ1) is 12.6. The molecule has 0 radical (unpaired) electrons. The summed E-state index contributed by atoms with van der Waals surface area (Å²) in [7, 11) is 0. The van der Waals surface area contributed by atoms with Crippen LogP contribution in [0.4, 0.5) is 5.69 Å². The number of nitro groups is 1. The summed E-state index contributed by atoms with van der Waals surface area (Å²) < 4.78 is 5.62. The Kier molecular flexibility index (Phi) is 7.70. The molecule has 0 saturated heterocycles. The van der Waals surface area contributed by atoms with Crippen LogP contribution < -0.4 is 10.3 Å². The third-order valence-corrected chi connectivity index (χ3v) is 3.80. The molecule has 0 aliphatic carbocycles. The SMILES string of the molecule is O=[N+]([O-])c1ccccc1.O=c1ccc2cc(OCCCCS)ccc2[nH]1. The molecular formula is C19H20N2O4S. The Bertz CT molecular complexity index is 897. The van der Waals surface area contributed by atoms with Crippen LogP contribution in [0, 0.1) is 10.1 Å². The Morgan fingerprint density at radius 1 is 1.04 bits per heavy atom. The largest absolute Gasteiger partial charge is 0.494 e. The number of pyridine rings is 1. The number of benzene rings is 2. The summed E-state index contributed by atoms with van der Waals surface area (Å²) in [6, 6.07) is 16.9. The fourth-order valence-corrected chi connectivity index (χ4v) is 2.40. The highest BCUT2D eigenvalue weighted by atomic mass is 32.1. The number of hydrogen-bond donors (Lipinski definition) is 2. The molecule has 26 heavy (non-hydrogen) atoms. The van der Waals surface area contributed by atoms with Crippen LogP contribution >= 0.6 is 12.6 Å². The van der Waals surface area contributed by atoms with Crippen LogP contribution in [0.3, 0.4) is 0 Å². The lowest BCUT2D eigenvalue weighted by Crippen LogP contribution is -2.02. The number of aromatic nitrogens is 1. The fraction of sp³-hybridized carbons (Fsp3) is 0.211. The summed E-state index contributed by atoms with van der Waals surface area (Å²) in [5.41, 5.74) is 0.887. The van der Waals surface area contributed by atoms with Crippen LogP contribution in [-0.4, -0.2) is 22.3 Å². The van der Waals surface area contributed by atoms with E-state index in [1.165, 1.54) is 18.2 Å². The van der Waals surface area contributed by atoms with E-state index in [-0.39, 0.29) is 11.2 Å². The van der Waals surface area contributed by atoms with Gasteiger partial charge in [-0.05, 0) is 42.9 Å². The first kappa shape index (κ1) is 19.5. The number of hydrogen-bond acceptors (Lipinski definition) is 5. The number of nitrogens with zero attached hydrogens (tertiary/aromatic N) is 1. The zero-order valence-electron chi connectivity index (χ0n) is 14.1. The van der Waals surface area contributed by atoms with Gasteiger partial charge in [0, 0.05) is 29.1 Å². The third-order valence-electron chi connectivity index (χ3n) is 3.48. The van der Waals surface area contributed by atoms with Crippen molar-refractivity contribution < 1.29 is 9.66 Å². The second kappa shape index (κ2) is 10.2. The summed E-state index contributed by atoms with van der Waals surface area (Å²) >= 11 is 4.15. The predicted molar refractivity (Wildman–Crippen MR) is 106 cm³/mol. The van der Waals surface area contributed by atoms with E-state index in [2.05, 4.69) is 17.6 Å². The number of para-hydroxylation sites is 1. The van der Waals surface area contributed by atoms with Crippen LogP contribution in [0.15, 0.2) is 65.5 Å². The van der Waals surface area contributed by atoms with E-state index in [1.807, 2.05) is 18.2 Å². The van der Waals surface area contributed by atoms with Crippen molar-refractivity contribution in [3.63, 3.8) is 0 Å². The van der Waals surface area contributed by atoms with Gasteiger partial charge in [0.15, 0.2) is 0 Å². The fourth-order valence-electron chi connectivity index (χ4n) is 2.18. The molecule has 1 N–H and O–H groups in total. The minimum absolute atomic E-state index is 0.0834. The molecule has 0 aliphatic rings. The molecule has 0 unspecified atom stereocenters. The number of ether oxygens (including phenoxy) is 1. The normalized spacial score (nSPS) is 10.0. The molecule has 0 fully saturated rings. The topological polar surface area (TPSA) is 85.2 Å². The molecule has 136 valence electrons. The molecule has 0 bridgehead atoms. The summed E-state index contributed by atoms with van der Waals surface area (Å²) in [5, 5.41) is 11.0. The first-order valence-electron chi connectivity index (χ1n) is 8.16.